The standard InChI is InChI=1S/C31H23NO6/c1-3-17-9-11-24-21(13-17)29(34)27(31(36)38-24)25(19-14-18-6-4-5-7-22(18)32-15-19)26-28(33)20-12-16(2)8-10-23(20)37-30(26)35/h4-15,25,33-34H,3H2,1-2H3. The summed E-state index contributed by atoms with van der Waals surface area (Å²) in [7, 11) is 0. The van der Waals surface area contributed by atoms with E-state index in [1.54, 1.807) is 36.4 Å². The fraction of sp³-hybridized carbons (Fsp3) is 0.129. The second-order valence-electron chi connectivity index (χ2n) is 9.38. The quantitative estimate of drug-likeness (QED) is 0.286. The van der Waals surface area contributed by atoms with E-state index in [1.165, 1.54) is 6.20 Å². The second kappa shape index (κ2) is 8.88. The zero-order valence-electron chi connectivity index (χ0n) is 20.7. The number of pyridine rings is 1. The van der Waals surface area contributed by atoms with Gasteiger partial charge in [0, 0.05) is 11.6 Å². The van der Waals surface area contributed by atoms with Crippen LogP contribution in [-0.4, -0.2) is 15.2 Å². The summed E-state index contributed by atoms with van der Waals surface area (Å²) in [6.45, 7) is 3.83. The van der Waals surface area contributed by atoms with Crippen molar-refractivity contribution in [2.45, 2.75) is 26.2 Å². The zero-order chi connectivity index (χ0) is 26.6. The van der Waals surface area contributed by atoms with Crippen molar-refractivity contribution in [2.75, 3.05) is 0 Å². The number of fused-ring (bicyclic) bond motifs is 3. The summed E-state index contributed by atoms with van der Waals surface area (Å²) in [5.74, 6) is -1.88. The van der Waals surface area contributed by atoms with E-state index in [9.17, 15) is 19.8 Å². The number of aromatic nitrogens is 1. The van der Waals surface area contributed by atoms with Crippen LogP contribution in [0.2, 0.25) is 0 Å². The molecule has 0 aliphatic rings. The molecule has 0 fully saturated rings. The van der Waals surface area contributed by atoms with Crippen molar-refractivity contribution in [1.82, 2.24) is 4.98 Å². The molecule has 3 aromatic carbocycles. The molecule has 0 saturated carbocycles. The number of hydrogen-bond acceptors (Lipinski definition) is 7. The van der Waals surface area contributed by atoms with Crippen LogP contribution in [0, 0.1) is 6.92 Å². The number of rotatable bonds is 4. The molecule has 0 amide bonds. The Kier molecular flexibility index (Phi) is 5.49. The molecule has 6 rings (SSSR count). The van der Waals surface area contributed by atoms with Crippen LogP contribution >= 0.6 is 0 Å². The van der Waals surface area contributed by atoms with Crippen molar-refractivity contribution in [2.24, 2.45) is 0 Å². The fourth-order valence-corrected chi connectivity index (χ4v) is 5.01. The van der Waals surface area contributed by atoms with E-state index in [0.717, 1.165) is 16.5 Å². The minimum atomic E-state index is -1.22. The number of hydrogen-bond donors (Lipinski definition) is 2. The Morgan fingerprint density at radius 1 is 0.816 bits per heavy atom. The Morgan fingerprint density at radius 2 is 1.45 bits per heavy atom. The number of aromatic hydroxyl groups is 2. The first kappa shape index (κ1) is 23.5. The van der Waals surface area contributed by atoms with Crippen molar-refractivity contribution in [3.63, 3.8) is 0 Å². The number of nitrogens with zero attached hydrogens (tertiary/aromatic N) is 1. The van der Waals surface area contributed by atoms with E-state index >= 15 is 0 Å². The number of aryl methyl sites for hydroxylation is 2. The molecule has 2 N–H and O–H groups in total. The van der Waals surface area contributed by atoms with Crippen LogP contribution in [-0.2, 0) is 6.42 Å². The molecule has 7 heteroatoms. The van der Waals surface area contributed by atoms with E-state index in [1.807, 2.05) is 44.2 Å². The first-order valence-electron chi connectivity index (χ1n) is 12.2. The van der Waals surface area contributed by atoms with Crippen molar-refractivity contribution in [1.29, 1.82) is 0 Å². The fourth-order valence-electron chi connectivity index (χ4n) is 5.01. The summed E-state index contributed by atoms with van der Waals surface area (Å²) in [4.78, 5) is 31.4. The highest BCUT2D eigenvalue weighted by Gasteiger charge is 2.33. The molecule has 1 atom stereocenters. The third-order valence-electron chi connectivity index (χ3n) is 6.98. The van der Waals surface area contributed by atoms with Gasteiger partial charge < -0.3 is 19.0 Å². The third kappa shape index (κ3) is 3.71. The maximum atomic E-state index is 13.4. The molecule has 188 valence electrons. The minimum absolute atomic E-state index is 0.183. The van der Waals surface area contributed by atoms with Gasteiger partial charge in [-0.25, -0.2) is 9.59 Å². The van der Waals surface area contributed by atoms with E-state index < -0.39 is 17.2 Å². The van der Waals surface area contributed by atoms with Crippen molar-refractivity contribution >= 4 is 32.8 Å². The molecule has 7 nitrogen and oxygen atoms in total. The Bertz CT molecular complexity index is 2000. The molecular weight excluding hydrogens is 482 g/mol. The lowest BCUT2D eigenvalue weighted by Crippen LogP contribution is -2.21. The summed E-state index contributed by atoms with van der Waals surface area (Å²) >= 11 is 0. The molecule has 6 aromatic rings. The molecule has 3 heterocycles. The van der Waals surface area contributed by atoms with Crippen LogP contribution in [0.1, 0.15) is 40.7 Å². The number of benzene rings is 3. The Balaban J connectivity index is 1.74. The molecule has 0 aliphatic heterocycles. The Hall–Kier alpha value is -4.91. The van der Waals surface area contributed by atoms with Gasteiger partial charge in [-0.05, 0) is 60.9 Å². The van der Waals surface area contributed by atoms with E-state index in [4.69, 9.17) is 8.83 Å². The van der Waals surface area contributed by atoms with Gasteiger partial charge in [-0.1, -0.05) is 42.8 Å². The molecule has 3 aromatic heterocycles. The molecule has 0 radical (unpaired) electrons. The SMILES string of the molecule is CCc1ccc2oc(=O)c(C(c3cnc4ccccc4c3)c3c(O)c4cc(C)ccc4oc3=O)c(O)c2c1. The summed E-state index contributed by atoms with van der Waals surface area (Å²) in [5, 5.41) is 24.4. The summed E-state index contributed by atoms with van der Waals surface area (Å²) < 4.78 is 11.2. The van der Waals surface area contributed by atoms with Crippen LogP contribution in [0.25, 0.3) is 32.8 Å². The molecule has 0 bridgehead atoms. The van der Waals surface area contributed by atoms with Gasteiger partial charge in [-0.3, -0.25) is 4.98 Å². The van der Waals surface area contributed by atoms with Gasteiger partial charge in [0.1, 0.15) is 22.7 Å². The first-order chi connectivity index (χ1) is 18.4. The van der Waals surface area contributed by atoms with E-state index in [0.29, 0.717) is 28.3 Å². The molecule has 0 saturated heterocycles. The highest BCUT2D eigenvalue weighted by Crippen LogP contribution is 2.42. The molecular formula is C31H23NO6. The van der Waals surface area contributed by atoms with Crippen molar-refractivity contribution in [3.05, 3.63) is 122 Å². The van der Waals surface area contributed by atoms with Crippen LogP contribution < -0.4 is 11.3 Å². The van der Waals surface area contributed by atoms with Crippen LogP contribution in [0.3, 0.4) is 0 Å². The van der Waals surface area contributed by atoms with Crippen LogP contribution in [0.5, 0.6) is 11.5 Å². The highest BCUT2D eigenvalue weighted by molar-refractivity contribution is 5.88. The predicted molar refractivity (Wildman–Crippen MR) is 145 cm³/mol. The smallest absolute Gasteiger partial charge is 0.344 e. The lowest BCUT2D eigenvalue weighted by atomic mass is 9.84. The highest BCUT2D eigenvalue weighted by atomic mass is 16.4. The second-order valence-corrected chi connectivity index (χ2v) is 9.38. The monoisotopic (exact) mass is 505 g/mol. The Morgan fingerprint density at radius 3 is 2.13 bits per heavy atom. The zero-order valence-corrected chi connectivity index (χ0v) is 20.7. The largest absolute Gasteiger partial charge is 0.507 e. The molecule has 1 unspecified atom stereocenters. The topological polar surface area (TPSA) is 114 Å². The molecule has 0 aliphatic carbocycles. The predicted octanol–water partition coefficient (Wildman–Crippen LogP) is 5.91. The summed E-state index contributed by atoms with van der Waals surface area (Å²) in [6.07, 6.45) is 2.23. The van der Waals surface area contributed by atoms with Gasteiger partial charge in [0.05, 0.1) is 33.3 Å². The average Bonchev–Trinajstić information content (AvgIpc) is 2.92. The minimum Gasteiger partial charge on any atom is -0.507 e. The van der Waals surface area contributed by atoms with E-state index in [2.05, 4.69) is 4.98 Å². The van der Waals surface area contributed by atoms with Gasteiger partial charge >= 0.3 is 11.3 Å². The lowest BCUT2D eigenvalue weighted by Gasteiger charge is -2.20. The number of para-hydroxylation sites is 1. The van der Waals surface area contributed by atoms with Crippen molar-refractivity contribution < 1.29 is 19.0 Å². The Labute approximate surface area is 216 Å². The third-order valence-corrected chi connectivity index (χ3v) is 6.98. The van der Waals surface area contributed by atoms with Crippen molar-refractivity contribution in [3.8, 4) is 11.5 Å². The molecule has 0 spiro atoms. The summed E-state index contributed by atoms with van der Waals surface area (Å²) in [5.41, 5.74) is 1.28. The maximum Gasteiger partial charge on any atom is 0.344 e. The van der Waals surface area contributed by atoms with Gasteiger partial charge in [-0.15, -0.1) is 0 Å². The average molecular weight is 506 g/mol. The van der Waals surface area contributed by atoms with Gasteiger partial charge in [-0.2, -0.15) is 0 Å². The normalized spacial score (nSPS) is 12.4. The molecule has 38 heavy (non-hydrogen) atoms. The lowest BCUT2D eigenvalue weighted by molar-refractivity contribution is 0.441. The van der Waals surface area contributed by atoms with E-state index in [-0.39, 0.29) is 33.8 Å². The van der Waals surface area contributed by atoms with Crippen LogP contribution in [0.4, 0.5) is 0 Å². The van der Waals surface area contributed by atoms with Gasteiger partial charge in [0.2, 0.25) is 0 Å². The van der Waals surface area contributed by atoms with Crippen LogP contribution in [0.15, 0.2) is 91.4 Å². The van der Waals surface area contributed by atoms with Gasteiger partial charge in [0.15, 0.2) is 0 Å². The first-order valence-corrected chi connectivity index (χ1v) is 12.2. The maximum absolute atomic E-state index is 13.4. The van der Waals surface area contributed by atoms with Gasteiger partial charge in [0.25, 0.3) is 0 Å². The summed E-state index contributed by atoms with van der Waals surface area (Å²) in [6, 6.07) is 19.4.